The summed E-state index contributed by atoms with van der Waals surface area (Å²) in [4.78, 5) is 10.5. The largest absolute Gasteiger partial charge is 0.372 e. The Morgan fingerprint density at radius 2 is 2.29 bits per heavy atom. The van der Waals surface area contributed by atoms with Crippen LogP contribution in [0, 0.1) is 10.1 Å². The van der Waals surface area contributed by atoms with E-state index in [0.29, 0.717) is 24.6 Å². The molecule has 1 aromatic rings. The first-order valence-electron chi connectivity index (χ1n) is 6.50. The Labute approximate surface area is 131 Å². The third-order valence-corrected chi connectivity index (χ3v) is 7.55. The molecule has 0 radical (unpaired) electrons. The second kappa shape index (κ2) is 6.51. The number of sulfonamides is 1. The highest BCUT2D eigenvalue weighted by atomic mass is 32.2. The minimum atomic E-state index is -3.65. The van der Waals surface area contributed by atoms with Gasteiger partial charge in [-0.25, -0.2) is 8.42 Å². The van der Waals surface area contributed by atoms with E-state index in [1.54, 1.807) is 18.7 Å². The minimum absolute atomic E-state index is 0.0317. The summed E-state index contributed by atoms with van der Waals surface area (Å²) in [5, 5.41) is 14.4. The molecule has 7 nitrogen and oxygen atoms in total. The van der Waals surface area contributed by atoms with E-state index in [1.165, 1.54) is 4.31 Å². The number of nitrogens with zero attached hydrogens (tertiary/aromatic N) is 2. The molecule has 0 amide bonds. The molecule has 0 saturated carbocycles. The van der Waals surface area contributed by atoms with Crippen LogP contribution < -0.4 is 5.32 Å². The second-order valence-electron chi connectivity index (χ2n) is 4.61. The normalized spacial score (nSPS) is 20.4. The third kappa shape index (κ3) is 3.50. The lowest BCUT2D eigenvalue weighted by Crippen LogP contribution is -2.40. The molecule has 1 aromatic heterocycles. The van der Waals surface area contributed by atoms with Gasteiger partial charge in [-0.3, -0.25) is 10.1 Å². The average molecular weight is 351 g/mol. The van der Waals surface area contributed by atoms with E-state index in [1.807, 2.05) is 6.92 Å². The lowest BCUT2D eigenvalue weighted by atomic mass is 10.4. The molecule has 0 bridgehead atoms. The van der Waals surface area contributed by atoms with Crippen molar-refractivity contribution >= 4 is 43.8 Å². The standard InChI is InChI=1S/C11H17N3O4S3/c1-3-12-11-9(14(15)16)6-10(20-11)21(17,18)13-4-5-19-8(2)7-13/h6,8,12H,3-5,7H2,1-2H3. The maximum Gasteiger partial charge on any atom is 0.304 e. The van der Waals surface area contributed by atoms with Crippen molar-refractivity contribution in [2.75, 3.05) is 30.7 Å². The first-order valence-corrected chi connectivity index (χ1v) is 9.80. The molecule has 0 aliphatic carbocycles. The molecular formula is C11H17N3O4S3. The van der Waals surface area contributed by atoms with Crippen molar-refractivity contribution in [2.45, 2.75) is 23.3 Å². The summed E-state index contributed by atoms with van der Waals surface area (Å²) >= 11 is 2.66. The Hall–Kier alpha value is -0.840. The van der Waals surface area contributed by atoms with Crippen LogP contribution in [0.4, 0.5) is 10.7 Å². The van der Waals surface area contributed by atoms with Gasteiger partial charge in [-0.1, -0.05) is 18.3 Å². The predicted molar refractivity (Wildman–Crippen MR) is 85.8 cm³/mol. The van der Waals surface area contributed by atoms with E-state index in [-0.39, 0.29) is 15.1 Å². The van der Waals surface area contributed by atoms with Gasteiger partial charge in [0, 0.05) is 36.7 Å². The van der Waals surface area contributed by atoms with Crippen molar-refractivity contribution in [3.05, 3.63) is 16.2 Å². The highest BCUT2D eigenvalue weighted by Crippen LogP contribution is 2.38. The van der Waals surface area contributed by atoms with E-state index < -0.39 is 14.9 Å². The van der Waals surface area contributed by atoms with E-state index in [9.17, 15) is 18.5 Å². The van der Waals surface area contributed by atoms with E-state index in [0.717, 1.165) is 23.2 Å². The van der Waals surface area contributed by atoms with Crippen LogP contribution in [0.5, 0.6) is 0 Å². The summed E-state index contributed by atoms with van der Waals surface area (Å²) in [5.41, 5.74) is -0.181. The van der Waals surface area contributed by atoms with Crippen LogP contribution in [-0.2, 0) is 10.0 Å². The Balaban J connectivity index is 2.35. The maximum absolute atomic E-state index is 12.6. The van der Waals surface area contributed by atoms with Crippen LogP contribution in [0.3, 0.4) is 0 Å². The number of thiophene rings is 1. The molecule has 1 unspecified atom stereocenters. The lowest BCUT2D eigenvalue weighted by Gasteiger charge is -2.29. The fourth-order valence-electron chi connectivity index (χ4n) is 2.04. The molecule has 2 rings (SSSR count). The van der Waals surface area contributed by atoms with Crippen molar-refractivity contribution in [1.82, 2.24) is 4.31 Å². The number of thioether (sulfide) groups is 1. The molecule has 10 heteroatoms. The van der Waals surface area contributed by atoms with Gasteiger partial charge in [0.15, 0.2) is 5.00 Å². The fourth-order valence-corrected chi connectivity index (χ4v) is 6.35. The molecule has 1 aliphatic heterocycles. The van der Waals surface area contributed by atoms with E-state index >= 15 is 0 Å². The summed E-state index contributed by atoms with van der Waals surface area (Å²) in [6.45, 7) is 5.17. The van der Waals surface area contributed by atoms with E-state index in [2.05, 4.69) is 5.32 Å². The minimum Gasteiger partial charge on any atom is -0.372 e. The predicted octanol–water partition coefficient (Wildman–Crippen LogP) is 2.21. The molecule has 2 heterocycles. The van der Waals surface area contributed by atoms with Crippen molar-refractivity contribution in [2.24, 2.45) is 0 Å². The summed E-state index contributed by atoms with van der Waals surface area (Å²) in [7, 11) is -3.65. The van der Waals surface area contributed by atoms with Gasteiger partial charge in [0.05, 0.1) is 4.92 Å². The summed E-state index contributed by atoms with van der Waals surface area (Å²) < 4.78 is 26.7. The van der Waals surface area contributed by atoms with Gasteiger partial charge in [-0.05, 0) is 6.92 Å². The Bertz CT molecular complexity index is 629. The number of nitrogens with one attached hydrogen (secondary N) is 1. The highest BCUT2D eigenvalue weighted by molar-refractivity contribution is 8.00. The van der Waals surface area contributed by atoms with Gasteiger partial charge >= 0.3 is 5.69 Å². The van der Waals surface area contributed by atoms with Crippen LogP contribution in [0.25, 0.3) is 0 Å². The Morgan fingerprint density at radius 1 is 1.57 bits per heavy atom. The van der Waals surface area contributed by atoms with Gasteiger partial charge in [0.2, 0.25) is 0 Å². The van der Waals surface area contributed by atoms with Crippen LogP contribution >= 0.6 is 23.1 Å². The molecule has 0 spiro atoms. The number of rotatable bonds is 5. The molecule has 118 valence electrons. The topological polar surface area (TPSA) is 92.6 Å². The summed E-state index contributed by atoms with van der Waals surface area (Å²) in [6, 6.07) is 1.16. The number of anilines is 1. The van der Waals surface area contributed by atoms with Gasteiger partial charge in [0.25, 0.3) is 10.0 Å². The fraction of sp³-hybridized carbons (Fsp3) is 0.636. The van der Waals surface area contributed by atoms with Gasteiger partial charge in [-0.2, -0.15) is 16.1 Å². The first-order chi connectivity index (χ1) is 9.86. The number of nitro groups is 1. The summed E-state index contributed by atoms with van der Waals surface area (Å²) in [5.74, 6) is 0.744. The zero-order valence-electron chi connectivity index (χ0n) is 11.7. The molecule has 1 saturated heterocycles. The van der Waals surface area contributed by atoms with Crippen molar-refractivity contribution in [3.8, 4) is 0 Å². The Kier molecular flexibility index (Phi) is 5.12. The van der Waals surface area contributed by atoms with E-state index in [4.69, 9.17) is 0 Å². The van der Waals surface area contributed by atoms with Gasteiger partial charge in [0.1, 0.15) is 4.21 Å². The lowest BCUT2D eigenvalue weighted by molar-refractivity contribution is -0.383. The first kappa shape index (κ1) is 16.5. The average Bonchev–Trinajstić information content (AvgIpc) is 2.84. The van der Waals surface area contributed by atoms with Crippen LogP contribution in [-0.4, -0.2) is 48.3 Å². The molecule has 1 fully saturated rings. The third-order valence-electron chi connectivity index (χ3n) is 3.02. The van der Waals surface area contributed by atoms with Gasteiger partial charge < -0.3 is 5.32 Å². The molecule has 1 N–H and O–H groups in total. The van der Waals surface area contributed by atoms with Crippen LogP contribution in [0.2, 0.25) is 0 Å². The molecule has 0 aromatic carbocycles. The molecular weight excluding hydrogens is 334 g/mol. The zero-order chi connectivity index (χ0) is 15.6. The summed E-state index contributed by atoms with van der Waals surface area (Å²) in [6.07, 6.45) is 0. The Morgan fingerprint density at radius 3 is 2.86 bits per heavy atom. The van der Waals surface area contributed by atoms with Crippen LogP contribution in [0.1, 0.15) is 13.8 Å². The van der Waals surface area contributed by atoms with Crippen molar-refractivity contribution in [3.63, 3.8) is 0 Å². The smallest absolute Gasteiger partial charge is 0.304 e. The zero-order valence-corrected chi connectivity index (χ0v) is 14.2. The quantitative estimate of drug-likeness (QED) is 0.646. The highest BCUT2D eigenvalue weighted by Gasteiger charge is 2.33. The molecule has 1 atom stereocenters. The second-order valence-corrected chi connectivity index (χ2v) is 9.37. The van der Waals surface area contributed by atoms with Crippen LogP contribution in [0.15, 0.2) is 10.3 Å². The maximum atomic E-state index is 12.6. The van der Waals surface area contributed by atoms with Crippen molar-refractivity contribution in [1.29, 1.82) is 0 Å². The SMILES string of the molecule is CCNc1sc(S(=O)(=O)N2CCSC(C)C2)cc1[N+](=O)[O-]. The number of hydrogen-bond donors (Lipinski definition) is 1. The number of hydrogen-bond acceptors (Lipinski definition) is 7. The molecule has 1 aliphatic rings. The monoisotopic (exact) mass is 351 g/mol. The van der Waals surface area contributed by atoms with Crippen molar-refractivity contribution < 1.29 is 13.3 Å². The van der Waals surface area contributed by atoms with Gasteiger partial charge in [-0.15, -0.1) is 0 Å². The molecule has 21 heavy (non-hydrogen) atoms.